The summed E-state index contributed by atoms with van der Waals surface area (Å²) in [6, 6.07) is 18.5. The van der Waals surface area contributed by atoms with E-state index in [1.165, 1.54) is 21.6 Å². The smallest absolute Gasteiger partial charge is 0.328 e. The molecule has 0 aliphatic heterocycles. The quantitative estimate of drug-likeness (QED) is 0.396. The lowest BCUT2D eigenvalue weighted by Crippen LogP contribution is -2.19. The molecule has 0 amide bonds. The number of aryl methyl sites for hydroxylation is 5. The Kier molecular flexibility index (Phi) is 5.65. The highest BCUT2D eigenvalue weighted by Crippen LogP contribution is 2.29. The van der Waals surface area contributed by atoms with Gasteiger partial charge in [-0.25, -0.2) is 9.78 Å². The maximum absolute atomic E-state index is 11.5. The molecule has 2 aromatic carbocycles. The topological polar surface area (TPSA) is 55.6 Å². The van der Waals surface area contributed by atoms with Crippen molar-refractivity contribution in [2.45, 2.75) is 20.8 Å². The summed E-state index contributed by atoms with van der Waals surface area (Å²) in [7, 11) is 3.59. The number of aromatic amines is 1. The van der Waals surface area contributed by atoms with Gasteiger partial charge in [-0.05, 0) is 55.5 Å². The summed E-state index contributed by atoms with van der Waals surface area (Å²) >= 11 is 1.70. The molecule has 3 heterocycles. The molecule has 0 saturated heterocycles. The van der Waals surface area contributed by atoms with E-state index in [0.717, 1.165) is 28.2 Å². The van der Waals surface area contributed by atoms with Gasteiger partial charge in [-0.1, -0.05) is 36.4 Å². The van der Waals surface area contributed by atoms with E-state index in [1.807, 2.05) is 31.2 Å². The van der Waals surface area contributed by atoms with E-state index in [-0.39, 0.29) is 5.69 Å². The number of nitrogens with zero attached hydrogens (tertiary/aromatic N) is 3. The second-order valence-electron chi connectivity index (χ2n) is 7.74. The van der Waals surface area contributed by atoms with Crippen LogP contribution in [0, 0.1) is 20.8 Å². The Morgan fingerprint density at radius 2 is 1.65 bits per heavy atom. The van der Waals surface area contributed by atoms with Crippen molar-refractivity contribution < 1.29 is 0 Å². The third-order valence-electron chi connectivity index (χ3n) is 5.47. The number of benzene rings is 2. The molecule has 0 bridgehead atoms. The summed E-state index contributed by atoms with van der Waals surface area (Å²) in [6.07, 6.45) is 0. The minimum absolute atomic E-state index is 0.0283. The predicted molar refractivity (Wildman–Crippen MR) is 130 cm³/mol. The number of hydrogen-bond donors (Lipinski definition) is 1. The van der Waals surface area contributed by atoms with Crippen LogP contribution in [0.2, 0.25) is 0 Å². The number of H-pyrrole nitrogens is 1. The monoisotopic (exact) mass is 430 g/mol. The van der Waals surface area contributed by atoms with Gasteiger partial charge < -0.3 is 4.98 Å². The van der Waals surface area contributed by atoms with E-state index < -0.39 is 0 Å². The van der Waals surface area contributed by atoms with E-state index in [0.29, 0.717) is 0 Å². The van der Waals surface area contributed by atoms with E-state index >= 15 is 0 Å². The Bertz CT molecular complexity index is 1400. The van der Waals surface area contributed by atoms with E-state index in [2.05, 4.69) is 54.5 Å². The number of nitrogens with one attached hydrogen (secondary N) is 1. The standard InChI is InChI=1S/C15H14N2S.C10H12N2O/c1-10-6-3-4-7-12(10)14-11(2)16-15(17-14)13-8-5-9-18-13;1-7-4-5-8-9(6-7)12(3)10(13)11(8)2/h3-9H,1-2H3,(H,16,17);4-6H,1-3H3. The summed E-state index contributed by atoms with van der Waals surface area (Å²) in [4.78, 5) is 20.8. The van der Waals surface area contributed by atoms with Crippen molar-refractivity contribution >= 4 is 22.4 Å². The third kappa shape index (κ3) is 3.99. The molecular formula is C25H26N4OS. The fourth-order valence-electron chi connectivity index (χ4n) is 3.71. The molecule has 3 aromatic heterocycles. The van der Waals surface area contributed by atoms with Crippen molar-refractivity contribution in [3.05, 3.63) is 87.3 Å². The lowest BCUT2D eigenvalue weighted by molar-refractivity contribution is 0.795. The molecule has 0 radical (unpaired) electrons. The highest BCUT2D eigenvalue weighted by atomic mass is 32.1. The van der Waals surface area contributed by atoms with Gasteiger partial charge in [0.2, 0.25) is 0 Å². The fraction of sp³-hybridized carbons (Fsp3) is 0.200. The van der Waals surface area contributed by atoms with Crippen LogP contribution in [0.25, 0.3) is 33.0 Å². The van der Waals surface area contributed by atoms with Gasteiger partial charge in [0.05, 0.1) is 21.6 Å². The van der Waals surface area contributed by atoms with Gasteiger partial charge in [0.25, 0.3) is 0 Å². The molecule has 5 rings (SSSR count). The van der Waals surface area contributed by atoms with E-state index in [1.54, 1.807) is 34.6 Å². The minimum atomic E-state index is 0.0283. The molecular weight excluding hydrogens is 404 g/mol. The van der Waals surface area contributed by atoms with Crippen LogP contribution < -0.4 is 5.69 Å². The number of hydrogen-bond acceptors (Lipinski definition) is 3. The minimum Gasteiger partial charge on any atom is -0.341 e. The van der Waals surface area contributed by atoms with Crippen molar-refractivity contribution in [3.63, 3.8) is 0 Å². The van der Waals surface area contributed by atoms with Crippen LogP contribution in [0.5, 0.6) is 0 Å². The summed E-state index contributed by atoms with van der Waals surface area (Å²) in [6.45, 7) is 6.22. The van der Waals surface area contributed by atoms with E-state index in [9.17, 15) is 4.79 Å². The molecule has 0 saturated carbocycles. The first kappa shape index (κ1) is 20.9. The maximum Gasteiger partial charge on any atom is 0.328 e. The fourth-order valence-corrected chi connectivity index (χ4v) is 4.38. The zero-order valence-corrected chi connectivity index (χ0v) is 19.2. The zero-order valence-electron chi connectivity index (χ0n) is 18.4. The maximum atomic E-state index is 11.5. The number of fused-ring (bicyclic) bond motifs is 1. The first-order chi connectivity index (χ1) is 14.9. The number of rotatable bonds is 2. The average molecular weight is 431 g/mol. The molecule has 0 aliphatic rings. The van der Waals surface area contributed by atoms with Gasteiger partial charge in [-0.2, -0.15) is 0 Å². The first-order valence-electron chi connectivity index (χ1n) is 10.2. The molecule has 5 nitrogen and oxygen atoms in total. The van der Waals surface area contributed by atoms with Crippen molar-refractivity contribution in [1.29, 1.82) is 0 Å². The lowest BCUT2D eigenvalue weighted by Gasteiger charge is -2.02. The van der Waals surface area contributed by atoms with Crippen LogP contribution >= 0.6 is 11.3 Å². The molecule has 0 fully saturated rings. The Hall–Kier alpha value is -3.38. The average Bonchev–Trinajstić information content (AvgIpc) is 3.46. The number of aromatic nitrogens is 4. The highest BCUT2D eigenvalue weighted by molar-refractivity contribution is 7.13. The predicted octanol–water partition coefficient (Wildman–Crippen LogP) is 5.61. The van der Waals surface area contributed by atoms with Crippen molar-refractivity contribution in [3.8, 4) is 22.0 Å². The summed E-state index contributed by atoms with van der Waals surface area (Å²) in [5.41, 5.74) is 7.81. The molecule has 6 heteroatoms. The molecule has 0 unspecified atom stereocenters. The number of thiophene rings is 1. The van der Waals surface area contributed by atoms with E-state index in [4.69, 9.17) is 4.98 Å². The van der Waals surface area contributed by atoms with Crippen molar-refractivity contribution in [1.82, 2.24) is 19.1 Å². The second kappa shape index (κ2) is 8.40. The highest BCUT2D eigenvalue weighted by Gasteiger charge is 2.12. The normalized spacial score (nSPS) is 10.9. The van der Waals surface area contributed by atoms with Gasteiger partial charge in [-0.3, -0.25) is 9.13 Å². The molecule has 0 spiro atoms. The molecule has 0 atom stereocenters. The molecule has 158 valence electrons. The molecule has 5 aromatic rings. The summed E-state index contributed by atoms with van der Waals surface area (Å²) in [5, 5.41) is 2.07. The Labute approximate surface area is 185 Å². The SMILES string of the molecule is Cc1ccc2c(c1)n(C)c(=O)n2C.Cc1ccccc1-c1nc(-c2cccs2)[nH]c1C. The largest absolute Gasteiger partial charge is 0.341 e. The van der Waals surface area contributed by atoms with Gasteiger partial charge in [-0.15, -0.1) is 11.3 Å². The van der Waals surface area contributed by atoms with Crippen LogP contribution in [0.15, 0.2) is 64.8 Å². The molecule has 1 N–H and O–H groups in total. The lowest BCUT2D eigenvalue weighted by atomic mass is 10.1. The third-order valence-corrected chi connectivity index (χ3v) is 6.34. The van der Waals surface area contributed by atoms with Crippen LogP contribution in [0.3, 0.4) is 0 Å². The summed E-state index contributed by atoms with van der Waals surface area (Å²) in [5.74, 6) is 0.959. The van der Waals surface area contributed by atoms with Gasteiger partial charge in [0.15, 0.2) is 0 Å². The van der Waals surface area contributed by atoms with Gasteiger partial charge in [0.1, 0.15) is 5.82 Å². The Morgan fingerprint density at radius 3 is 2.35 bits per heavy atom. The Morgan fingerprint density at radius 1 is 0.903 bits per heavy atom. The first-order valence-corrected chi connectivity index (χ1v) is 11.0. The molecule has 31 heavy (non-hydrogen) atoms. The second-order valence-corrected chi connectivity index (χ2v) is 8.69. The zero-order chi connectivity index (χ0) is 22.1. The summed E-state index contributed by atoms with van der Waals surface area (Å²) < 4.78 is 3.33. The van der Waals surface area contributed by atoms with Crippen LogP contribution in [-0.2, 0) is 14.1 Å². The van der Waals surface area contributed by atoms with Crippen LogP contribution in [0.1, 0.15) is 16.8 Å². The van der Waals surface area contributed by atoms with Crippen LogP contribution in [0.4, 0.5) is 0 Å². The van der Waals surface area contributed by atoms with Crippen molar-refractivity contribution in [2.24, 2.45) is 14.1 Å². The number of imidazole rings is 2. The van der Waals surface area contributed by atoms with Gasteiger partial charge >= 0.3 is 5.69 Å². The van der Waals surface area contributed by atoms with Gasteiger partial charge in [0, 0.05) is 25.4 Å². The van der Waals surface area contributed by atoms with Crippen molar-refractivity contribution in [2.75, 3.05) is 0 Å². The van der Waals surface area contributed by atoms with Crippen LogP contribution in [-0.4, -0.2) is 19.1 Å². The Balaban J connectivity index is 0.000000158. The molecule has 0 aliphatic carbocycles.